The smallest absolute Gasteiger partial charge is 0.267 e. The van der Waals surface area contributed by atoms with Crippen LogP contribution < -0.4 is 16.8 Å². The lowest BCUT2D eigenvalue weighted by atomic mass is 10.2. The fraction of sp³-hybridized carbons (Fsp3) is 0. The highest BCUT2D eigenvalue weighted by atomic mass is 16.1. The van der Waals surface area contributed by atoms with Gasteiger partial charge in [-0.25, -0.2) is 15.4 Å². The summed E-state index contributed by atoms with van der Waals surface area (Å²) in [5, 5.41) is 0.561. The summed E-state index contributed by atoms with van der Waals surface area (Å²) in [4.78, 5) is 16.9. The van der Waals surface area contributed by atoms with Crippen LogP contribution in [0.25, 0.3) is 16.6 Å². The fourth-order valence-corrected chi connectivity index (χ4v) is 2.05. The maximum atomic E-state index is 12.5. The molecule has 0 aliphatic carbocycles. The van der Waals surface area contributed by atoms with Gasteiger partial charge in [-0.15, -0.1) is 0 Å². The molecule has 0 saturated heterocycles. The minimum absolute atomic E-state index is 0.148. The minimum Gasteiger partial charge on any atom is -0.293 e. The molecular weight excluding hydrogens is 240 g/mol. The van der Waals surface area contributed by atoms with Crippen LogP contribution >= 0.6 is 0 Å². The highest BCUT2D eigenvalue weighted by molar-refractivity contribution is 5.79. The van der Waals surface area contributed by atoms with E-state index in [4.69, 9.17) is 5.84 Å². The molecule has 0 atom stereocenters. The van der Waals surface area contributed by atoms with Crippen molar-refractivity contribution in [3.63, 3.8) is 0 Å². The molecule has 2 aromatic carbocycles. The van der Waals surface area contributed by atoms with Crippen molar-refractivity contribution in [1.82, 2.24) is 9.55 Å². The lowest BCUT2D eigenvalue weighted by Gasteiger charge is -2.12. The van der Waals surface area contributed by atoms with Crippen LogP contribution in [0.5, 0.6) is 0 Å². The lowest BCUT2D eigenvalue weighted by Crippen LogP contribution is -2.25. The Balaban J connectivity index is 2.41. The topological polar surface area (TPSA) is 72.9 Å². The Morgan fingerprint density at radius 3 is 2.42 bits per heavy atom. The van der Waals surface area contributed by atoms with Gasteiger partial charge in [0.2, 0.25) is 5.95 Å². The maximum absolute atomic E-state index is 12.5. The standard InChI is InChI=1S/C14H12N4O/c15-17-14-16-12-9-5-4-8-11(12)13(19)18(14)10-6-2-1-3-7-10/h1-9H,15H2,(H,16,17). The number of hydrogen-bond acceptors (Lipinski definition) is 4. The first-order valence-corrected chi connectivity index (χ1v) is 5.85. The molecule has 0 unspecified atom stereocenters. The van der Waals surface area contributed by atoms with Crippen LogP contribution in [0.4, 0.5) is 5.95 Å². The Bertz CT molecular complexity index is 780. The Hall–Kier alpha value is -2.66. The molecule has 0 amide bonds. The van der Waals surface area contributed by atoms with Crippen molar-refractivity contribution in [2.24, 2.45) is 5.84 Å². The number of aromatic nitrogens is 2. The normalized spacial score (nSPS) is 10.6. The number of nitrogens with one attached hydrogen (secondary N) is 1. The molecule has 3 rings (SSSR count). The van der Waals surface area contributed by atoms with Crippen LogP contribution in [0.1, 0.15) is 0 Å². The highest BCUT2D eigenvalue weighted by Gasteiger charge is 2.10. The molecule has 0 aliphatic heterocycles. The van der Waals surface area contributed by atoms with Gasteiger partial charge in [-0.05, 0) is 24.3 Å². The molecule has 0 spiro atoms. The first kappa shape index (κ1) is 11.4. The van der Waals surface area contributed by atoms with Gasteiger partial charge in [0.1, 0.15) is 0 Å². The van der Waals surface area contributed by atoms with Crippen molar-refractivity contribution >= 4 is 16.9 Å². The second kappa shape index (κ2) is 4.55. The van der Waals surface area contributed by atoms with Crippen molar-refractivity contribution < 1.29 is 0 Å². The number of hydrogen-bond donors (Lipinski definition) is 2. The highest BCUT2D eigenvalue weighted by Crippen LogP contribution is 2.14. The Morgan fingerprint density at radius 2 is 1.68 bits per heavy atom. The third kappa shape index (κ3) is 1.86. The largest absolute Gasteiger partial charge is 0.293 e. The van der Waals surface area contributed by atoms with Gasteiger partial charge in [0, 0.05) is 0 Å². The molecule has 1 aromatic heterocycles. The number of fused-ring (bicyclic) bond motifs is 1. The number of anilines is 1. The number of nitrogens with zero attached hydrogens (tertiary/aromatic N) is 2. The second-order valence-electron chi connectivity index (χ2n) is 4.07. The molecular formula is C14H12N4O. The fourth-order valence-electron chi connectivity index (χ4n) is 2.05. The molecule has 0 aliphatic rings. The number of hydrazine groups is 1. The zero-order valence-corrected chi connectivity index (χ0v) is 10.1. The molecule has 1 heterocycles. The van der Waals surface area contributed by atoms with E-state index in [1.54, 1.807) is 12.1 Å². The molecule has 5 nitrogen and oxygen atoms in total. The van der Waals surface area contributed by atoms with E-state index in [0.29, 0.717) is 16.9 Å². The van der Waals surface area contributed by atoms with Gasteiger partial charge in [-0.2, -0.15) is 0 Å². The molecule has 5 heteroatoms. The van der Waals surface area contributed by atoms with Crippen LogP contribution in [-0.2, 0) is 0 Å². The predicted molar refractivity (Wildman–Crippen MR) is 75.2 cm³/mol. The average molecular weight is 252 g/mol. The van der Waals surface area contributed by atoms with Crippen molar-refractivity contribution in [2.75, 3.05) is 5.43 Å². The van der Waals surface area contributed by atoms with Gasteiger partial charge < -0.3 is 0 Å². The Labute approximate surface area is 109 Å². The molecule has 0 radical (unpaired) electrons. The van der Waals surface area contributed by atoms with Gasteiger partial charge in [-0.3, -0.25) is 10.2 Å². The number of nitrogen functional groups attached to an aromatic ring is 1. The van der Waals surface area contributed by atoms with E-state index in [1.165, 1.54) is 4.57 Å². The molecule has 0 fully saturated rings. The van der Waals surface area contributed by atoms with Gasteiger partial charge in [0.05, 0.1) is 16.6 Å². The van der Waals surface area contributed by atoms with Gasteiger partial charge in [0.15, 0.2) is 0 Å². The van der Waals surface area contributed by atoms with Crippen molar-refractivity contribution in [3.8, 4) is 5.69 Å². The third-order valence-corrected chi connectivity index (χ3v) is 2.92. The van der Waals surface area contributed by atoms with E-state index in [2.05, 4.69) is 10.4 Å². The minimum atomic E-state index is -0.148. The molecule has 3 aromatic rings. The SMILES string of the molecule is NNc1nc2ccccc2c(=O)n1-c1ccccc1. The summed E-state index contributed by atoms with van der Waals surface area (Å²) in [6, 6.07) is 16.5. The summed E-state index contributed by atoms with van der Waals surface area (Å²) >= 11 is 0. The Kier molecular flexibility index (Phi) is 2.74. The van der Waals surface area contributed by atoms with Crippen LogP contribution in [0, 0.1) is 0 Å². The first-order chi connectivity index (χ1) is 9.31. The monoisotopic (exact) mass is 252 g/mol. The molecule has 3 N–H and O–H groups in total. The molecule has 0 bridgehead atoms. The van der Waals surface area contributed by atoms with Crippen LogP contribution in [0.3, 0.4) is 0 Å². The Morgan fingerprint density at radius 1 is 1.00 bits per heavy atom. The number of rotatable bonds is 2. The average Bonchev–Trinajstić information content (AvgIpc) is 2.48. The van der Waals surface area contributed by atoms with Crippen LogP contribution in [-0.4, -0.2) is 9.55 Å². The zero-order valence-electron chi connectivity index (χ0n) is 10.1. The summed E-state index contributed by atoms with van der Waals surface area (Å²) in [7, 11) is 0. The summed E-state index contributed by atoms with van der Waals surface area (Å²) in [5.74, 6) is 5.79. The number of nitrogens with two attached hydrogens (primary N) is 1. The van der Waals surface area contributed by atoms with E-state index in [0.717, 1.165) is 5.69 Å². The molecule has 0 saturated carbocycles. The zero-order chi connectivity index (χ0) is 13.2. The molecule has 94 valence electrons. The number of benzene rings is 2. The summed E-state index contributed by atoms with van der Waals surface area (Å²) in [6.45, 7) is 0. The van der Waals surface area contributed by atoms with Gasteiger partial charge in [0.25, 0.3) is 5.56 Å². The maximum Gasteiger partial charge on any atom is 0.267 e. The van der Waals surface area contributed by atoms with E-state index in [-0.39, 0.29) is 5.56 Å². The van der Waals surface area contributed by atoms with Crippen molar-refractivity contribution in [1.29, 1.82) is 0 Å². The lowest BCUT2D eigenvalue weighted by molar-refractivity contribution is 0.955. The molecule has 19 heavy (non-hydrogen) atoms. The quantitative estimate of drug-likeness (QED) is 0.537. The van der Waals surface area contributed by atoms with Crippen molar-refractivity contribution in [2.45, 2.75) is 0 Å². The number of para-hydroxylation sites is 2. The first-order valence-electron chi connectivity index (χ1n) is 5.85. The van der Waals surface area contributed by atoms with E-state index < -0.39 is 0 Å². The summed E-state index contributed by atoms with van der Waals surface area (Å²) in [5.41, 5.74) is 3.67. The van der Waals surface area contributed by atoms with Crippen LogP contribution in [0.15, 0.2) is 59.4 Å². The van der Waals surface area contributed by atoms with Crippen LogP contribution in [0.2, 0.25) is 0 Å². The summed E-state index contributed by atoms with van der Waals surface area (Å²) < 4.78 is 1.46. The third-order valence-electron chi connectivity index (χ3n) is 2.92. The second-order valence-corrected chi connectivity index (χ2v) is 4.07. The van der Waals surface area contributed by atoms with E-state index in [1.807, 2.05) is 42.5 Å². The van der Waals surface area contributed by atoms with E-state index in [9.17, 15) is 4.79 Å². The van der Waals surface area contributed by atoms with Gasteiger partial charge >= 0.3 is 0 Å². The van der Waals surface area contributed by atoms with Gasteiger partial charge in [-0.1, -0.05) is 30.3 Å². The summed E-state index contributed by atoms with van der Waals surface area (Å²) in [6.07, 6.45) is 0. The predicted octanol–water partition coefficient (Wildman–Crippen LogP) is 1.67. The van der Waals surface area contributed by atoms with E-state index >= 15 is 0 Å². The van der Waals surface area contributed by atoms with Crippen molar-refractivity contribution in [3.05, 3.63) is 65.0 Å².